The summed E-state index contributed by atoms with van der Waals surface area (Å²) in [6, 6.07) is -0.488. The van der Waals surface area contributed by atoms with E-state index in [9.17, 15) is 4.79 Å². The normalized spacial score (nSPS) is 17.1. The molecular formula is C13H26N2O3. The number of carboxylic acids is 1. The van der Waals surface area contributed by atoms with E-state index in [-0.39, 0.29) is 0 Å². The predicted octanol–water partition coefficient (Wildman–Crippen LogP) is 0.798. The molecule has 106 valence electrons. The summed E-state index contributed by atoms with van der Waals surface area (Å²) in [5.41, 5.74) is 0. The summed E-state index contributed by atoms with van der Waals surface area (Å²) in [5, 5.41) is 12.1. The summed E-state index contributed by atoms with van der Waals surface area (Å²) >= 11 is 0. The fraction of sp³-hybridized carbons (Fsp3) is 0.923. The molecule has 18 heavy (non-hydrogen) atoms. The standard InChI is InChI=1S/C13H26N2O3/c1-3-6-14-12(13(16)17)9-15(2)7-8-18-10-11-4-5-11/h11-12,14H,3-10H2,1-2H3,(H,16,17). The van der Waals surface area contributed by atoms with Crippen molar-refractivity contribution in [1.82, 2.24) is 10.2 Å². The van der Waals surface area contributed by atoms with Crippen molar-refractivity contribution in [2.24, 2.45) is 5.92 Å². The number of ether oxygens (including phenoxy) is 1. The highest BCUT2D eigenvalue weighted by Crippen LogP contribution is 2.28. The molecule has 0 saturated heterocycles. The molecule has 0 aromatic heterocycles. The molecule has 0 bridgehead atoms. The third-order valence-corrected chi connectivity index (χ3v) is 3.10. The molecule has 2 N–H and O–H groups in total. The van der Waals surface area contributed by atoms with Gasteiger partial charge in [-0.2, -0.15) is 0 Å². The van der Waals surface area contributed by atoms with Crippen LogP contribution in [-0.4, -0.2) is 61.9 Å². The van der Waals surface area contributed by atoms with E-state index < -0.39 is 12.0 Å². The largest absolute Gasteiger partial charge is 0.480 e. The molecule has 0 aliphatic heterocycles. The Bertz CT molecular complexity index is 244. The van der Waals surface area contributed by atoms with Crippen molar-refractivity contribution >= 4 is 5.97 Å². The Kier molecular flexibility index (Phi) is 7.23. The van der Waals surface area contributed by atoms with Gasteiger partial charge >= 0.3 is 5.97 Å². The lowest BCUT2D eigenvalue weighted by Gasteiger charge is -2.22. The number of nitrogens with one attached hydrogen (secondary N) is 1. The SMILES string of the molecule is CCCNC(CN(C)CCOCC1CC1)C(=O)O. The molecular weight excluding hydrogens is 232 g/mol. The molecule has 0 radical (unpaired) electrons. The molecule has 5 nitrogen and oxygen atoms in total. The van der Waals surface area contributed by atoms with E-state index in [1.165, 1.54) is 12.8 Å². The van der Waals surface area contributed by atoms with Crippen LogP contribution in [0, 0.1) is 5.92 Å². The Balaban J connectivity index is 2.09. The molecule has 5 heteroatoms. The summed E-state index contributed by atoms with van der Waals surface area (Å²) in [4.78, 5) is 13.1. The first-order valence-corrected chi connectivity index (χ1v) is 6.86. The van der Waals surface area contributed by atoms with E-state index >= 15 is 0 Å². The molecule has 0 amide bonds. The van der Waals surface area contributed by atoms with Gasteiger partial charge in [0.25, 0.3) is 0 Å². The minimum absolute atomic E-state index is 0.488. The van der Waals surface area contributed by atoms with Crippen LogP contribution in [0.2, 0.25) is 0 Å². The topological polar surface area (TPSA) is 61.8 Å². The van der Waals surface area contributed by atoms with Crippen molar-refractivity contribution in [3.63, 3.8) is 0 Å². The number of aliphatic carboxylic acids is 1. The lowest BCUT2D eigenvalue weighted by Crippen LogP contribution is -2.46. The van der Waals surface area contributed by atoms with Crippen molar-refractivity contribution in [1.29, 1.82) is 0 Å². The van der Waals surface area contributed by atoms with Crippen LogP contribution >= 0.6 is 0 Å². The highest BCUT2D eigenvalue weighted by Gasteiger charge is 2.21. The third-order valence-electron chi connectivity index (χ3n) is 3.10. The molecule has 0 heterocycles. The van der Waals surface area contributed by atoms with Crippen LogP contribution < -0.4 is 5.32 Å². The maximum atomic E-state index is 11.0. The fourth-order valence-corrected chi connectivity index (χ4v) is 1.71. The zero-order chi connectivity index (χ0) is 13.4. The van der Waals surface area contributed by atoms with E-state index in [1.807, 2.05) is 18.9 Å². The van der Waals surface area contributed by atoms with Crippen LogP contribution in [-0.2, 0) is 9.53 Å². The molecule has 1 saturated carbocycles. The number of carbonyl (C=O) groups is 1. The lowest BCUT2D eigenvalue weighted by molar-refractivity contribution is -0.140. The van der Waals surface area contributed by atoms with Gasteiger partial charge in [-0.15, -0.1) is 0 Å². The summed E-state index contributed by atoms with van der Waals surface area (Å²) < 4.78 is 5.54. The van der Waals surface area contributed by atoms with Crippen LogP contribution in [0.1, 0.15) is 26.2 Å². The second-order valence-electron chi connectivity index (χ2n) is 5.13. The number of likely N-dealkylation sites (N-methyl/N-ethyl adjacent to an activating group) is 1. The summed E-state index contributed by atoms with van der Waals surface area (Å²) in [5.74, 6) is 0.00231. The quantitative estimate of drug-likeness (QED) is 0.537. The van der Waals surface area contributed by atoms with Gasteiger partial charge in [-0.05, 0) is 38.8 Å². The molecule has 1 unspecified atom stereocenters. The van der Waals surface area contributed by atoms with Gasteiger partial charge in [0.05, 0.1) is 6.61 Å². The van der Waals surface area contributed by atoms with E-state index in [4.69, 9.17) is 9.84 Å². The fourth-order valence-electron chi connectivity index (χ4n) is 1.71. The molecule has 1 aliphatic rings. The monoisotopic (exact) mass is 258 g/mol. The van der Waals surface area contributed by atoms with Crippen LogP contribution in [0.4, 0.5) is 0 Å². The first-order chi connectivity index (χ1) is 8.63. The van der Waals surface area contributed by atoms with Crippen molar-refractivity contribution in [3.05, 3.63) is 0 Å². The first-order valence-electron chi connectivity index (χ1n) is 6.86. The molecule has 0 aromatic rings. The summed E-state index contributed by atoms with van der Waals surface area (Å²) in [6.07, 6.45) is 3.55. The first kappa shape index (κ1) is 15.4. The highest BCUT2D eigenvalue weighted by molar-refractivity contribution is 5.73. The third kappa shape index (κ3) is 6.93. The van der Waals surface area contributed by atoms with E-state index in [1.54, 1.807) is 0 Å². The van der Waals surface area contributed by atoms with Crippen molar-refractivity contribution in [2.75, 3.05) is 39.9 Å². The van der Waals surface area contributed by atoms with Gasteiger partial charge in [0.15, 0.2) is 0 Å². The Morgan fingerprint density at radius 2 is 2.28 bits per heavy atom. The number of carboxylic acid groups (broad SMARTS) is 1. The average molecular weight is 258 g/mol. The Morgan fingerprint density at radius 1 is 1.56 bits per heavy atom. The molecule has 0 aromatic carbocycles. The van der Waals surface area contributed by atoms with Crippen LogP contribution in [0.25, 0.3) is 0 Å². The van der Waals surface area contributed by atoms with E-state index in [0.29, 0.717) is 13.2 Å². The van der Waals surface area contributed by atoms with Crippen LogP contribution in [0.5, 0.6) is 0 Å². The van der Waals surface area contributed by atoms with Gasteiger partial charge < -0.3 is 20.1 Å². The van der Waals surface area contributed by atoms with Crippen LogP contribution in [0.15, 0.2) is 0 Å². The van der Waals surface area contributed by atoms with Crippen molar-refractivity contribution < 1.29 is 14.6 Å². The van der Waals surface area contributed by atoms with E-state index in [0.717, 1.165) is 32.0 Å². The van der Waals surface area contributed by atoms with Gasteiger partial charge in [0.1, 0.15) is 6.04 Å². The Hall–Kier alpha value is -0.650. The van der Waals surface area contributed by atoms with Gasteiger partial charge in [-0.3, -0.25) is 4.79 Å². The predicted molar refractivity (Wildman–Crippen MR) is 70.8 cm³/mol. The number of rotatable bonds is 11. The van der Waals surface area contributed by atoms with Gasteiger partial charge in [0.2, 0.25) is 0 Å². The summed E-state index contributed by atoms with van der Waals surface area (Å²) in [7, 11) is 1.93. The number of hydrogen-bond donors (Lipinski definition) is 2. The van der Waals surface area contributed by atoms with Crippen molar-refractivity contribution in [2.45, 2.75) is 32.2 Å². The minimum atomic E-state index is -0.783. The lowest BCUT2D eigenvalue weighted by atomic mass is 10.2. The number of nitrogens with zero attached hydrogens (tertiary/aromatic N) is 1. The smallest absolute Gasteiger partial charge is 0.322 e. The molecule has 1 rings (SSSR count). The summed E-state index contributed by atoms with van der Waals surface area (Å²) in [6.45, 7) is 5.62. The van der Waals surface area contributed by atoms with Gasteiger partial charge in [-0.1, -0.05) is 6.92 Å². The zero-order valence-corrected chi connectivity index (χ0v) is 11.5. The van der Waals surface area contributed by atoms with Gasteiger partial charge in [-0.25, -0.2) is 0 Å². The van der Waals surface area contributed by atoms with E-state index in [2.05, 4.69) is 5.32 Å². The van der Waals surface area contributed by atoms with Gasteiger partial charge in [0, 0.05) is 19.7 Å². The molecule has 1 aliphatic carbocycles. The highest BCUT2D eigenvalue weighted by atomic mass is 16.5. The maximum Gasteiger partial charge on any atom is 0.322 e. The minimum Gasteiger partial charge on any atom is -0.480 e. The Labute approximate surface area is 109 Å². The number of hydrogen-bond acceptors (Lipinski definition) is 4. The second kappa shape index (κ2) is 8.45. The Morgan fingerprint density at radius 3 is 2.83 bits per heavy atom. The zero-order valence-electron chi connectivity index (χ0n) is 11.5. The van der Waals surface area contributed by atoms with Crippen molar-refractivity contribution in [3.8, 4) is 0 Å². The molecule has 0 spiro atoms. The molecule has 1 fully saturated rings. The van der Waals surface area contributed by atoms with Crippen LogP contribution in [0.3, 0.4) is 0 Å². The molecule has 1 atom stereocenters. The average Bonchev–Trinajstić information content (AvgIpc) is 3.13. The second-order valence-corrected chi connectivity index (χ2v) is 5.13. The maximum absolute atomic E-state index is 11.0.